The van der Waals surface area contributed by atoms with E-state index < -0.39 is 0 Å². The van der Waals surface area contributed by atoms with Gasteiger partial charge in [-0.15, -0.1) is 0 Å². The number of allylic oxidation sites excluding steroid dienone is 1. The lowest BCUT2D eigenvalue weighted by Gasteiger charge is -2.08. The lowest BCUT2D eigenvalue weighted by molar-refractivity contribution is -0.116. The Morgan fingerprint density at radius 2 is 1.72 bits per heavy atom. The van der Waals surface area contributed by atoms with Crippen molar-refractivity contribution in [1.82, 2.24) is 25.3 Å². The summed E-state index contributed by atoms with van der Waals surface area (Å²) in [6.45, 7) is 5.07. The molecule has 2 aliphatic rings. The number of aromatic nitrogens is 4. The third-order valence-corrected chi connectivity index (χ3v) is 10.6. The molecule has 4 aromatic heterocycles. The number of aromatic hydroxyl groups is 1. The van der Waals surface area contributed by atoms with Crippen molar-refractivity contribution in [3.8, 4) is 5.88 Å². The van der Waals surface area contributed by atoms with Gasteiger partial charge in [0.2, 0.25) is 11.8 Å². The second kappa shape index (κ2) is 17.5. The number of pyridine rings is 2. The second-order valence-corrected chi connectivity index (χ2v) is 14.4. The molecule has 0 atom stereocenters. The van der Waals surface area contributed by atoms with Crippen molar-refractivity contribution in [2.75, 3.05) is 11.1 Å². The first-order valence-corrected chi connectivity index (χ1v) is 18.7. The monoisotopic (exact) mass is 782 g/mol. The smallest absolute Gasteiger partial charge is 0.236 e. The van der Waals surface area contributed by atoms with Gasteiger partial charge >= 0.3 is 0 Å². The average molecular weight is 784 g/mol. The van der Waals surface area contributed by atoms with E-state index in [2.05, 4.69) is 40.6 Å². The van der Waals surface area contributed by atoms with Crippen LogP contribution in [0.5, 0.6) is 5.88 Å². The summed E-state index contributed by atoms with van der Waals surface area (Å²) in [5.41, 5.74) is 7.53. The summed E-state index contributed by atoms with van der Waals surface area (Å²) >= 11 is 15.1. The van der Waals surface area contributed by atoms with Gasteiger partial charge in [0.15, 0.2) is 22.4 Å². The number of hydrogen-bond acceptors (Lipinski definition) is 11. The van der Waals surface area contributed by atoms with Crippen molar-refractivity contribution in [3.05, 3.63) is 128 Å². The van der Waals surface area contributed by atoms with Crippen molar-refractivity contribution in [1.29, 1.82) is 0 Å². The van der Waals surface area contributed by atoms with Gasteiger partial charge in [-0.25, -0.2) is 15.0 Å². The number of halogens is 2. The predicted octanol–water partition coefficient (Wildman–Crippen LogP) is 8.82. The van der Waals surface area contributed by atoms with Crippen LogP contribution in [0, 0.1) is 13.8 Å². The molecule has 8 rings (SSSR count). The largest absolute Gasteiger partial charge is 0.492 e. The minimum Gasteiger partial charge on any atom is -0.492 e. The van der Waals surface area contributed by atoms with E-state index in [1.54, 1.807) is 24.8 Å². The molecule has 6 aromatic rings. The van der Waals surface area contributed by atoms with Gasteiger partial charge < -0.3 is 20.7 Å². The number of carbonyl (C=O) groups is 2. The van der Waals surface area contributed by atoms with Gasteiger partial charge in [0.05, 0.1) is 17.2 Å². The van der Waals surface area contributed by atoms with E-state index in [0.717, 1.165) is 55.7 Å². The van der Waals surface area contributed by atoms with Gasteiger partial charge in [0.25, 0.3) is 0 Å². The summed E-state index contributed by atoms with van der Waals surface area (Å²) in [7, 11) is 0. The van der Waals surface area contributed by atoms with Crippen LogP contribution in [-0.4, -0.2) is 54.4 Å². The molecule has 0 aliphatic carbocycles. The molecule has 1 fully saturated rings. The molecule has 0 spiro atoms. The summed E-state index contributed by atoms with van der Waals surface area (Å²) in [6, 6.07) is 19.1. The van der Waals surface area contributed by atoms with Crippen LogP contribution in [0.15, 0.2) is 89.2 Å². The van der Waals surface area contributed by atoms with Gasteiger partial charge in [-0.3, -0.25) is 14.6 Å². The molecule has 15 heteroatoms. The van der Waals surface area contributed by atoms with E-state index in [9.17, 15) is 14.7 Å². The number of amides is 1. The fraction of sp³-hybridized carbons (Fsp3) is 0.132. The molecule has 0 unspecified atom stereocenters. The molecule has 53 heavy (non-hydrogen) atoms. The SMILES string of the molecule is Cc1cccc(Cl)c1CN=C1NC(=O)CS1.Cc1cccc(Cl)c1CNc1nc(O)c(C=C2C=Nc3ncccc32)s1.O=Cc1c[nH]c2ncccc12. The highest BCUT2D eigenvalue weighted by atomic mass is 35.5. The summed E-state index contributed by atoms with van der Waals surface area (Å²) < 4.78 is 0. The van der Waals surface area contributed by atoms with Crippen LogP contribution < -0.4 is 10.6 Å². The Labute approximate surface area is 323 Å². The quantitative estimate of drug-likeness (QED) is 0.117. The van der Waals surface area contributed by atoms with Crippen molar-refractivity contribution in [3.63, 3.8) is 0 Å². The molecule has 268 valence electrons. The number of H-pyrrole nitrogens is 1. The standard InChI is InChI=1S/C19H15ClN4OS.C11H11ClN2OS.C8H6N2O/c1-11-4-2-6-15(20)14(11)10-23-19-24-18(25)16(26-19)8-12-9-22-17-13(12)5-3-7-21-17;1-7-3-2-4-9(12)8(7)5-13-11-14-10(15)6-16-11;11-5-6-4-10-8-7(6)2-1-3-9-8/h2-9,25H,10H2,1H3,(H,23,24);2-4H,5-6H2,1H3,(H,13,14,15);1-5H,(H,9,10). The Balaban J connectivity index is 0.000000151. The fourth-order valence-corrected chi connectivity index (χ4v) is 7.29. The maximum Gasteiger partial charge on any atom is 0.236 e. The molecule has 1 saturated heterocycles. The minimum atomic E-state index is -0.00776. The van der Waals surface area contributed by atoms with Crippen molar-refractivity contribution in [2.45, 2.75) is 26.9 Å². The summed E-state index contributed by atoms with van der Waals surface area (Å²) in [4.78, 5) is 46.0. The maximum absolute atomic E-state index is 11.0. The van der Waals surface area contributed by atoms with E-state index in [0.29, 0.717) is 50.4 Å². The van der Waals surface area contributed by atoms with E-state index in [-0.39, 0.29) is 11.8 Å². The molecular formula is C38H32Cl2N8O3S2. The zero-order valence-electron chi connectivity index (χ0n) is 28.4. The number of carbonyl (C=O) groups excluding carboxylic acids is 2. The Morgan fingerprint density at radius 1 is 0.981 bits per heavy atom. The maximum atomic E-state index is 11.0. The molecule has 11 nitrogen and oxygen atoms in total. The normalized spacial score (nSPS) is 14.4. The van der Waals surface area contributed by atoms with Crippen LogP contribution in [0.1, 0.15) is 43.1 Å². The van der Waals surface area contributed by atoms with Gasteiger partial charge in [0, 0.05) is 63.5 Å². The van der Waals surface area contributed by atoms with E-state index in [1.807, 2.05) is 80.6 Å². The number of rotatable bonds is 7. The Bertz CT molecular complexity index is 2350. The molecule has 1 amide bonds. The summed E-state index contributed by atoms with van der Waals surface area (Å²) in [6.07, 6.45) is 9.49. The van der Waals surface area contributed by atoms with E-state index in [4.69, 9.17) is 23.2 Å². The molecule has 2 aromatic carbocycles. The lowest BCUT2D eigenvalue weighted by Crippen LogP contribution is -2.20. The van der Waals surface area contributed by atoms with Gasteiger partial charge in [-0.2, -0.15) is 4.98 Å². The predicted molar refractivity (Wildman–Crippen MR) is 217 cm³/mol. The van der Waals surface area contributed by atoms with E-state index in [1.165, 1.54) is 23.1 Å². The third kappa shape index (κ3) is 9.37. The van der Waals surface area contributed by atoms with Crippen LogP contribution in [0.25, 0.3) is 22.7 Å². The van der Waals surface area contributed by atoms with Crippen LogP contribution in [-0.2, 0) is 17.9 Å². The molecule has 0 bridgehead atoms. The number of fused-ring (bicyclic) bond motifs is 2. The molecule has 4 N–H and O–H groups in total. The van der Waals surface area contributed by atoms with Crippen LogP contribution in [0.4, 0.5) is 10.9 Å². The average Bonchev–Trinajstić information content (AvgIpc) is 3.95. The molecule has 2 aliphatic heterocycles. The molecule has 0 radical (unpaired) electrons. The number of aldehydes is 1. The fourth-order valence-electron chi connectivity index (χ4n) is 5.23. The first-order chi connectivity index (χ1) is 25.7. The molecule has 6 heterocycles. The number of aliphatic imine (C=N–C) groups is 2. The molecule has 0 saturated carbocycles. The topological polar surface area (TPSA) is 158 Å². The second-order valence-electron chi connectivity index (χ2n) is 11.6. The van der Waals surface area contributed by atoms with Gasteiger partial charge in [0.1, 0.15) is 5.65 Å². The van der Waals surface area contributed by atoms with Crippen LogP contribution in [0.3, 0.4) is 0 Å². The first kappa shape index (κ1) is 37.4. The van der Waals surface area contributed by atoms with E-state index >= 15 is 0 Å². The summed E-state index contributed by atoms with van der Waals surface area (Å²) in [5, 5.41) is 19.7. The van der Waals surface area contributed by atoms with Gasteiger partial charge in [-0.05, 0) is 78.6 Å². The highest BCUT2D eigenvalue weighted by molar-refractivity contribution is 8.15. The number of anilines is 1. The number of amidine groups is 1. The van der Waals surface area contributed by atoms with Crippen LogP contribution in [0.2, 0.25) is 10.0 Å². The number of aromatic amines is 1. The number of hydrogen-bond donors (Lipinski definition) is 4. The zero-order valence-corrected chi connectivity index (χ0v) is 31.6. The molecular weight excluding hydrogens is 752 g/mol. The Kier molecular flexibility index (Phi) is 12.3. The number of thiazole rings is 1. The van der Waals surface area contributed by atoms with Crippen molar-refractivity contribution >= 4 is 104 Å². The number of benzene rings is 2. The highest BCUT2D eigenvalue weighted by Gasteiger charge is 2.17. The number of nitrogens with one attached hydrogen (secondary N) is 3. The first-order valence-electron chi connectivity index (χ1n) is 16.2. The lowest BCUT2D eigenvalue weighted by atomic mass is 10.1. The van der Waals surface area contributed by atoms with Crippen molar-refractivity contribution in [2.24, 2.45) is 9.98 Å². The third-order valence-electron chi connectivity index (χ3n) is 8.04. The number of nitrogens with zero attached hydrogens (tertiary/aromatic N) is 5. The van der Waals surface area contributed by atoms with Crippen molar-refractivity contribution < 1.29 is 14.7 Å². The highest BCUT2D eigenvalue weighted by Crippen LogP contribution is 2.36. The number of thioether (sulfide) groups is 1. The Morgan fingerprint density at radius 3 is 2.43 bits per heavy atom. The number of aryl methyl sites for hydroxylation is 2. The Hall–Kier alpha value is -5.34. The minimum absolute atomic E-state index is 0.00776. The zero-order chi connectivity index (χ0) is 37.3. The van der Waals surface area contributed by atoms with Gasteiger partial charge in [-0.1, -0.05) is 70.6 Å². The van der Waals surface area contributed by atoms with Crippen LogP contribution >= 0.6 is 46.3 Å². The summed E-state index contributed by atoms with van der Waals surface area (Å²) in [5.74, 6) is 1.15.